The van der Waals surface area contributed by atoms with Gasteiger partial charge in [-0.25, -0.2) is 9.18 Å². The van der Waals surface area contributed by atoms with Crippen LogP contribution < -0.4 is 10.2 Å². The van der Waals surface area contributed by atoms with Crippen molar-refractivity contribution < 1.29 is 13.7 Å². The third kappa shape index (κ3) is 3.15. The van der Waals surface area contributed by atoms with Gasteiger partial charge in [0.25, 0.3) is 0 Å². The van der Waals surface area contributed by atoms with Crippen molar-refractivity contribution in [1.29, 1.82) is 0 Å². The first kappa shape index (κ1) is 16.6. The Balaban J connectivity index is 1.58. The number of benzene rings is 1. The molecule has 0 saturated carbocycles. The molecule has 134 valence electrons. The van der Waals surface area contributed by atoms with Gasteiger partial charge in [0.1, 0.15) is 12.1 Å². The highest BCUT2D eigenvalue weighted by Crippen LogP contribution is 2.26. The molecule has 0 spiro atoms. The van der Waals surface area contributed by atoms with Crippen molar-refractivity contribution in [3.8, 4) is 0 Å². The quantitative estimate of drug-likeness (QED) is 0.723. The average Bonchev–Trinajstić information content (AvgIpc) is 3.34. The van der Waals surface area contributed by atoms with Crippen LogP contribution in [0, 0.1) is 5.82 Å². The number of rotatable bonds is 4. The number of fused-ring (bicyclic) bond motifs is 1. The molecule has 9 heteroatoms. The highest BCUT2D eigenvalue weighted by Gasteiger charge is 2.25. The Morgan fingerprint density at radius 3 is 3.04 bits per heavy atom. The van der Waals surface area contributed by atoms with E-state index in [0.29, 0.717) is 11.5 Å². The number of amides is 2. The third-order valence-corrected chi connectivity index (χ3v) is 4.61. The van der Waals surface area contributed by atoms with Gasteiger partial charge in [-0.3, -0.25) is 10.00 Å². The van der Waals surface area contributed by atoms with Crippen LogP contribution in [0.1, 0.15) is 23.4 Å². The van der Waals surface area contributed by atoms with Crippen molar-refractivity contribution in [2.45, 2.75) is 25.8 Å². The van der Waals surface area contributed by atoms with Crippen molar-refractivity contribution in [3.63, 3.8) is 0 Å². The first-order valence-corrected chi connectivity index (χ1v) is 8.48. The van der Waals surface area contributed by atoms with Gasteiger partial charge in [0.05, 0.1) is 17.3 Å². The highest BCUT2D eigenvalue weighted by atomic mass is 35.5. The molecule has 26 heavy (non-hydrogen) atoms. The Morgan fingerprint density at radius 1 is 1.38 bits per heavy atom. The van der Waals surface area contributed by atoms with Gasteiger partial charge in [-0.05, 0) is 43.0 Å². The maximum absolute atomic E-state index is 13.3. The number of aromatic nitrogens is 3. The van der Waals surface area contributed by atoms with Crippen LogP contribution in [0.15, 0.2) is 35.1 Å². The molecule has 0 saturated heterocycles. The fourth-order valence-corrected chi connectivity index (χ4v) is 3.22. The minimum Gasteiger partial charge on any atom is -0.363 e. The Bertz CT molecular complexity index is 941. The zero-order valence-electron chi connectivity index (χ0n) is 13.6. The summed E-state index contributed by atoms with van der Waals surface area (Å²) in [7, 11) is 0. The third-order valence-electron chi connectivity index (χ3n) is 4.32. The molecule has 0 fully saturated rings. The lowest BCUT2D eigenvalue weighted by Gasteiger charge is -2.20. The maximum Gasteiger partial charge on any atom is 0.327 e. The summed E-state index contributed by atoms with van der Waals surface area (Å²) in [4.78, 5) is 14.2. The SMILES string of the molecule is O=C(Nc1ccc(F)c(Cl)c1)N(Cc1n[nH]c2c1CCC2)c1ccon1. The van der Waals surface area contributed by atoms with Gasteiger partial charge in [0, 0.05) is 17.4 Å². The number of H-pyrrole nitrogens is 1. The van der Waals surface area contributed by atoms with Crippen molar-refractivity contribution >= 4 is 29.1 Å². The fraction of sp³-hybridized carbons (Fsp3) is 0.235. The molecule has 2 amide bonds. The van der Waals surface area contributed by atoms with Gasteiger partial charge in [-0.15, -0.1) is 0 Å². The molecule has 1 aliphatic carbocycles. The summed E-state index contributed by atoms with van der Waals surface area (Å²) in [5.74, 6) is -0.199. The number of aromatic amines is 1. The number of carbonyl (C=O) groups excluding carboxylic acids is 1. The lowest BCUT2D eigenvalue weighted by Crippen LogP contribution is -2.35. The van der Waals surface area contributed by atoms with E-state index in [9.17, 15) is 9.18 Å². The lowest BCUT2D eigenvalue weighted by molar-refractivity contribution is 0.256. The molecule has 4 rings (SSSR count). The molecule has 2 N–H and O–H groups in total. The predicted octanol–water partition coefficient (Wildman–Crippen LogP) is 3.92. The summed E-state index contributed by atoms with van der Waals surface area (Å²) in [6.07, 6.45) is 4.36. The molecular weight excluding hydrogens is 361 g/mol. The van der Waals surface area contributed by atoms with Crippen LogP contribution in [-0.4, -0.2) is 21.4 Å². The van der Waals surface area contributed by atoms with E-state index in [2.05, 4.69) is 20.7 Å². The summed E-state index contributed by atoms with van der Waals surface area (Å²) < 4.78 is 18.2. The standard InChI is InChI=1S/C17H15ClFN5O2/c18-12-8-10(4-5-13(12)19)20-17(25)24(16-6-7-26-23-16)9-15-11-2-1-3-14(11)21-22-15/h4-8H,1-3,9H2,(H,20,25)(H,21,22). The molecule has 0 aliphatic heterocycles. The Kier molecular flexibility index (Phi) is 4.34. The second-order valence-electron chi connectivity index (χ2n) is 5.98. The van der Waals surface area contributed by atoms with Crippen molar-refractivity contribution in [3.05, 3.63) is 58.3 Å². The van der Waals surface area contributed by atoms with Crippen LogP contribution in [-0.2, 0) is 19.4 Å². The summed E-state index contributed by atoms with van der Waals surface area (Å²) in [6, 6.07) is 5.12. The molecule has 3 aromatic rings. The Labute approximate surface area is 153 Å². The zero-order valence-corrected chi connectivity index (χ0v) is 14.4. The van der Waals surface area contributed by atoms with Crippen molar-refractivity contribution in [2.24, 2.45) is 0 Å². The Hall–Kier alpha value is -2.87. The number of carbonyl (C=O) groups is 1. The minimum atomic E-state index is -0.551. The number of nitrogens with zero attached hydrogens (tertiary/aromatic N) is 3. The van der Waals surface area contributed by atoms with E-state index in [-0.39, 0.29) is 11.6 Å². The summed E-state index contributed by atoms with van der Waals surface area (Å²) in [5, 5.41) is 13.8. The number of hydrogen-bond donors (Lipinski definition) is 2. The summed E-state index contributed by atoms with van der Waals surface area (Å²) in [5.41, 5.74) is 3.44. The Morgan fingerprint density at radius 2 is 2.27 bits per heavy atom. The predicted molar refractivity (Wildman–Crippen MR) is 93.7 cm³/mol. The summed E-state index contributed by atoms with van der Waals surface area (Å²) >= 11 is 5.77. The van der Waals surface area contributed by atoms with Crippen LogP contribution in [0.25, 0.3) is 0 Å². The van der Waals surface area contributed by atoms with Crippen LogP contribution in [0.5, 0.6) is 0 Å². The molecule has 0 radical (unpaired) electrons. The van der Waals surface area contributed by atoms with Crippen LogP contribution in [0.2, 0.25) is 5.02 Å². The van der Waals surface area contributed by atoms with Gasteiger partial charge in [-0.1, -0.05) is 16.8 Å². The molecule has 1 aromatic carbocycles. The van der Waals surface area contributed by atoms with Crippen LogP contribution in [0.3, 0.4) is 0 Å². The number of aryl methyl sites for hydroxylation is 1. The minimum absolute atomic E-state index is 0.0686. The van der Waals surface area contributed by atoms with E-state index in [4.69, 9.17) is 16.1 Å². The summed E-state index contributed by atoms with van der Waals surface area (Å²) in [6.45, 7) is 0.235. The fourth-order valence-electron chi connectivity index (χ4n) is 3.04. The van der Waals surface area contributed by atoms with Gasteiger partial charge < -0.3 is 9.84 Å². The lowest BCUT2D eigenvalue weighted by atomic mass is 10.2. The van der Waals surface area contributed by atoms with E-state index in [1.807, 2.05) is 0 Å². The molecule has 2 aromatic heterocycles. The molecular formula is C17H15ClFN5O2. The number of halogens is 2. The second kappa shape index (κ2) is 6.80. The zero-order chi connectivity index (χ0) is 18.1. The van der Waals surface area contributed by atoms with Gasteiger partial charge in [-0.2, -0.15) is 5.10 Å². The molecule has 0 atom stereocenters. The largest absolute Gasteiger partial charge is 0.363 e. The smallest absolute Gasteiger partial charge is 0.327 e. The van der Waals surface area contributed by atoms with Crippen molar-refractivity contribution in [2.75, 3.05) is 10.2 Å². The van der Waals surface area contributed by atoms with E-state index in [1.54, 1.807) is 6.07 Å². The molecule has 0 unspecified atom stereocenters. The first-order chi connectivity index (χ1) is 12.6. The topological polar surface area (TPSA) is 87.0 Å². The van der Waals surface area contributed by atoms with Crippen LogP contribution in [0.4, 0.5) is 20.7 Å². The van der Waals surface area contributed by atoms with E-state index in [1.165, 1.54) is 29.4 Å². The molecule has 2 heterocycles. The van der Waals surface area contributed by atoms with Gasteiger partial charge in [0.2, 0.25) is 0 Å². The number of nitrogens with one attached hydrogen (secondary N) is 2. The van der Waals surface area contributed by atoms with Crippen molar-refractivity contribution in [1.82, 2.24) is 15.4 Å². The monoisotopic (exact) mass is 375 g/mol. The molecule has 1 aliphatic rings. The number of anilines is 2. The van der Waals surface area contributed by atoms with Gasteiger partial charge in [0.15, 0.2) is 5.82 Å². The molecule has 7 nitrogen and oxygen atoms in total. The highest BCUT2D eigenvalue weighted by molar-refractivity contribution is 6.31. The van der Waals surface area contributed by atoms with Gasteiger partial charge >= 0.3 is 6.03 Å². The van der Waals surface area contributed by atoms with E-state index in [0.717, 1.165) is 36.2 Å². The van der Waals surface area contributed by atoms with E-state index < -0.39 is 11.8 Å². The number of urea groups is 1. The maximum atomic E-state index is 13.3. The molecule has 0 bridgehead atoms. The first-order valence-electron chi connectivity index (χ1n) is 8.11. The second-order valence-corrected chi connectivity index (χ2v) is 6.39. The van der Waals surface area contributed by atoms with E-state index >= 15 is 0 Å². The van der Waals surface area contributed by atoms with Crippen LogP contribution >= 0.6 is 11.6 Å². The average molecular weight is 376 g/mol. The normalized spacial score (nSPS) is 12.8. The number of hydrogen-bond acceptors (Lipinski definition) is 4.